The van der Waals surface area contributed by atoms with Crippen LogP contribution in [0.1, 0.15) is 51.4 Å². The number of amides is 3. The number of carbonyl (C=O) groups excluding carboxylic acids is 5. The van der Waals surface area contributed by atoms with Gasteiger partial charge in [-0.1, -0.05) is 6.42 Å². The minimum atomic E-state index is -1.15. The van der Waals surface area contributed by atoms with Crippen molar-refractivity contribution in [1.29, 1.82) is 0 Å². The average Bonchev–Trinajstić information content (AvgIpc) is 3.11. The maximum Gasteiger partial charge on any atom is 0.336 e. The Kier molecular flexibility index (Phi) is 5.21. The first-order valence-electron chi connectivity index (χ1n) is 8.66. The summed E-state index contributed by atoms with van der Waals surface area (Å²) >= 11 is 0. The summed E-state index contributed by atoms with van der Waals surface area (Å²) < 4.78 is 0. The summed E-state index contributed by atoms with van der Waals surface area (Å²) in [5.41, 5.74) is 0. The van der Waals surface area contributed by atoms with E-state index in [4.69, 9.17) is 9.68 Å². The van der Waals surface area contributed by atoms with Gasteiger partial charge in [0.25, 0.3) is 17.7 Å². The standard InChI is InChI=1S/C16H20N2O8/c19-11-4-5-12(20)17(11)25-15(23)9-2-1-3-10(8-9)16(24)26-18-13(21)6-7-14(18)22/h9-11,19H,1-8H2/t9-,10+,11?/m1/s1. The molecule has 10 heteroatoms. The highest BCUT2D eigenvalue weighted by atomic mass is 16.7. The fraction of sp³-hybridized carbons (Fsp3) is 0.688. The molecule has 3 rings (SSSR count). The molecular formula is C16H20N2O8. The number of hydroxylamine groups is 4. The van der Waals surface area contributed by atoms with Crippen LogP contribution in [0, 0.1) is 11.8 Å². The summed E-state index contributed by atoms with van der Waals surface area (Å²) in [7, 11) is 0. The molecule has 1 N–H and O–H groups in total. The molecular weight excluding hydrogens is 348 g/mol. The number of carbonyl (C=O) groups is 5. The van der Waals surface area contributed by atoms with Crippen molar-refractivity contribution in [3.8, 4) is 0 Å². The van der Waals surface area contributed by atoms with Crippen LogP contribution in [0.25, 0.3) is 0 Å². The van der Waals surface area contributed by atoms with E-state index in [0.29, 0.717) is 29.4 Å². The van der Waals surface area contributed by atoms with Crippen molar-refractivity contribution in [3.63, 3.8) is 0 Å². The largest absolute Gasteiger partial charge is 0.370 e. The van der Waals surface area contributed by atoms with Crippen molar-refractivity contribution in [2.45, 2.75) is 57.6 Å². The second-order valence-corrected chi connectivity index (χ2v) is 6.70. The molecule has 0 spiro atoms. The molecule has 26 heavy (non-hydrogen) atoms. The molecule has 1 unspecified atom stereocenters. The van der Waals surface area contributed by atoms with E-state index >= 15 is 0 Å². The van der Waals surface area contributed by atoms with E-state index in [2.05, 4.69) is 0 Å². The van der Waals surface area contributed by atoms with E-state index in [-0.39, 0.29) is 32.1 Å². The number of aliphatic hydroxyl groups excluding tert-OH is 1. The highest BCUT2D eigenvalue weighted by Gasteiger charge is 2.40. The maximum atomic E-state index is 12.3. The first kappa shape index (κ1) is 18.3. The number of hydrogen-bond donors (Lipinski definition) is 1. The minimum Gasteiger partial charge on any atom is -0.370 e. The molecule has 3 fully saturated rings. The van der Waals surface area contributed by atoms with Gasteiger partial charge in [-0.3, -0.25) is 14.4 Å². The Balaban J connectivity index is 1.55. The lowest BCUT2D eigenvalue weighted by atomic mass is 9.81. The van der Waals surface area contributed by atoms with Crippen LogP contribution >= 0.6 is 0 Å². The van der Waals surface area contributed by atoms with Crippen molar-refractivity contribution < 1.29 is 38.8 Å². The number of imide groups is 1. The molecule has 0 aromatic carbocycles. The van der Waals surface area contributed by atoms with Crippen LogP contribution in [0.3, 0.4) is 0 Å². The molecule has 2 saturated heterocycles. The first-order chi connectivity index (χ1) is 12.4. The fourth-order valence-corrected chi connectivity index (χ4v) is 3.37. The van der Waals surface area contributed by atoms with E-state index in [0.717, 1.165) is 0 Å². The summed E-state index contributed by atoms with van der Waals surface area (Å²) in [4.78, 5) is 69.0. The molecule has 0 bridgehead atoms. The SMILES string of the molecule is O=C(ON1C(=O)CCC1=O)[C@H]1CCC[C@@H](C(=O)ON2C(=O)CCC2O)C1. The lowest BCUT2D eigenvalue weighted by Crippen LogP contribution is -2.40. The van der Waals surface area contributed by atoms with Crippen LogP contribution in [0.4, 0.5) is 0 Å². The molecule has 3 aliphatic rings. The molecule has 2 heterocycles. The molecule has 0 radical (unpaired) electrons. The molecule has 1 saturated carbocycles. The second-order valence-electron chi connectivity index (χ2n) is 6.70. The van der Waals surface area contributed by atoms with Gasteiger partial charge < -0.3 is 14.8 Å². The average molecular weight is 368 g/mol. The monoisotopic (exact) mass is 368 g/mol. The summed E-state index contributed by atoms with van der Waals surface area (Å²) in [6.07, 6.45) is 0.796. The van der Waals surface area contributed by atoms with Gasteiger partial charge in [0.05, 0.1) is 11.8 Å². The lowest BCUT2D eigenvalue weighted by Gasteiger charge is -2.28. The highest BCUT2D eigenvalue weighted by molar-refractivity contribution is 6.01. The quantitative estimate of drug-likeness (QED) is 0.675. The van der Waals surface area contributed by atoms with E-state index in [1.807, 2.05) is 0 Å². The van der Waals surface area contributed by atoms with Crippen LogP contribution in [0.2, 0.25) is 0 Å². The van der Waals surface area contributed by atoms with E-state index in [1.165, 1.54) is 0 Å². The van der Waals surface area contributed by atoms with Gasteiger partial charge in [-0.05, 0) is 19.3 Å². The fourth-order valence-electron chi connectivity index (χ4n) is 3.37. The van der Waals surface area contributed by atoms with Crippen LogP contribution in [0.15, 0.2) is 0 Å². The normalized spacial score (nSPS) is 29.3. The topological polar surface area (TPSA) is 131 Å². The zero-order chi connectivity index (χ0) is 18.8. The molecule has 0 aromatic rings. The van der Waals surface area contributed by atoms with Crippen LogP contribution in [-0.4, -0.2) is 51.1 Å². The Morgan fingerprint density at radius 1 is 0.846 bits per heavy atom. The van der Waals surface area contributed by atoms with Gasteiger partial charge >= 0.3 is 11.9 Å². The molecule has 2 aliphatic heterocycles. The number of aliphatic hydroxyl groups is 1. The third kappa shape index (κ3) is 3.69. The van der Waals surface area contributed by atoms with Gasteiger partial charge in [0, 0.05) is 25.7 Å². The zero-order valence-corrected chi connectivity index (χ0v) is 14.1. The Morgan fingerprint density at radius 2 is 1.42 bits per heavy atom. The van der Waals surface area contributed by atoms with Crippen molar-refractivity contribution in [2.24, 2.45) is 11.8 Å². The summed E-state index contributed by atoms with van der Waals surface area (Å²) in [5.74, 6) is -4.29. The molecule has 3 atom stereocenters. The van der Waals surface area contributed by atoms with Gasteiger partial charge in [0.1, 0.15) is 0 Å². The van der Waals surface area contributed by atoms with Crippen molar-refractivity contribution in [1.82, 2.24) is 10.1 Å². The predicted octanol–water partition coefficient (Wildman–Crippen LogP) is -0.201. The third-order valence-corrected chi connectivity index (χ3v) is 4.85. The number of hydrogen-bond acceptors (Lipinski definition) is 8. The summed E-state index contributed by atoms with van der Waals surface area (Å²) in [5, 5.41) is 10.8. The van der Waals surface area contributed by atoms with E-state index in [1.54, 1.807) is 0 Å². The van der Waals surface area contributed by atoms with Crippen molar-refractivity contribution >= 4 is 29.7 Å². The number of nitrogens with zero attached hydrogens (tertiary/aromatic N) is 2. The third-order valence-electron chi connectivity index (χ3n) is 4.85. The van der Waals surface area contributed by atoms with E-state index in [9.17, 15) is 29.1 Å². The molecule has 1 aliphatic carbocycles. The highest BCUT2D eigenvalue weighted by Crippen LogP contribution is 2.32. The Morgan fingerprint density at radius 3 is 1.96 bits per heavy atom. The first-order valence-corrected chi connectivity index (χ1v) is 8.66. The maximum absolute atomic E-state index is 12.3. The van der Waals surface area contributed by atoms with E-state index < -0.39 is 47.7 Å². The Labute approximate surface area is 148 Å². The van der Waals surface area contributed by atoms with Gasteiger partial charge in [0.15, 0.2) is 6.23 Å². The van der Waals surface area contributed by atoms with Gasteiger partial charge in [-0.25, -0.2) is 9.59 Å². The lowest BCUT2D eigenvalue weighted by molar-refractivity contribution is -0.225. The van der Waals surface area contributed by atoms with Crippen molar-refractivity contribution in [2.75, 3.05) is 0 Å². The smallest absolute Gasteiger partial charge is 0.336 e. The zero-order valence-electron chi connectivity index (χ0n) is 14.1. The van der Waals surface area contributed by atoms with Gasteiger partial charge in [0.2, 0.25) is 0 Å². The Bertz CT molecular complexity index is 632. The van der Waals surface area contributed by atoms with Crippen LogP contribution in [-0.2, 0) is 33.6 Å². The Hall–Kier alpha value is -2.49. The minimum absolute atomic E-state index is 0.0118. The van der Waals surface area contributed by atoms with Gasteiger partial charge in [-0.2, -0.15) is 0 Å². The molecule has 142 valence electrons. The molecule has 10 nitrogen and oxygen atoms in total. The summed E-state index contributed by atoms with van der Waals surface area (Å²) in [6.45, 7) is 0. The van der Waals surface area contributed by atoms with Crippen LogP contribution in [0.5, 0.6) is 0 Å². The molecule has 3 amide bonds. The number of rotatable bonds is 4. The summed E-state index contributed by atoms with van der Waals surface area (Å²) in [6, 6.07) is 0. The predicted molar refractivity (Wildman–Crippen MR) is 80.8 cm³/mol. The van der Waals surface area contributed by atoms with Gasteiger partial charge in [-0.15, -0.1) is 10.1 Å². The second kappa shape index (κ2) is 7.40. The van der Waals surface area contributed by atoms with Crippen molar-refractivity contribution in [3.05, 3.63) is 0 Å². The molecule has 0 aromatic heterocycles. The van der Waals surface area contributed by atoms with Crippen LogP contribution < -0.4 is 0 Å².